The lowest BCUT2D eigenvalue weighted by atomic mass is 10.2. The highest BCUT2D eigenvalue weighted by Gasteiger charge is 2.16. The van der Waals surface area contributed by atoms with Gasteiger partial charge in [0, 0.05) is 12.0 Å². The molecule has 1 heterocycles. The Labute approximate surface area is 121 Å². The number of hydrogen-bond donors (Lipinski definition) is 2. The van der Waals surface area contributed by atoms with Gasteiger partial charge in [-0.05, 0) is 19.1 Å². The minimum absolute atomic E-state index is 0.0328. The fourth-order valence-corrected chi connectivity index (χ4v) is 1.69. The fourth-order valence-electron chi connectivity index (χ4n) is 1.69. The summed E-state index contributed by atoms with van der Waals surface area (Å²) in [6.07, 6.45) is 0. The summed E-state index contributed by atoms with van der Waals surface area (Å²) in [5.74, 6) is 0.159. The molecule has 0 unspecified atom stereocenters. The highest BCUT2D eigenvalue weighted by Crippen LogP contribution is 2.25. The van der Waals surface area contributed by atoms with E-state index >= 15 is 0 Å². The zero-order chi connectivity index (χ0) is 15.4. The molecule has 1 amide bonds. The van der Waals surface area contributed by atoms with Gasteiger partial charge in [-0.25, -0.2) is 9.37 Å². The number of halogens is 1. The molecular formula is C14H17FN4O2. The van der Waals surface area contributed by atoms with Crippen molar-refractivity contribution in [1.29, 1.82) is 0 Å². The van der Waals surface area contributed by atoms with Crippen LogP contribution in [0.3, 0.4) is 0 Å². The van der Waals surface area contributed by atoms with E-state index < -0.39 is 11.7 Å². The Hall–Kier alpha value is -2.44. The molecule has 1 aromatic carbocycles. The third-order valence-electron chi connectivity index (χ3n) is 2.74. The van der Waals surface area contributed by atoms with E-state index in [0.29, 0.717) is 18.1 Å². The number of aromatic nitrogens is 3. The monoisotopic (exact) mass is 292 g/mol. The molecule has 0 bridgehead atoms. The lowest BCUT2D eigenvalue weighted by Gasteiger charge is -2.10. The Morgan fingerprint density at radius 1 is 1.48 bits per heavy atom. The predicted molar refractivity (Wildman–Crippen MR) is 76.0 cm³/mol. The summed E-state index contributed by atoms with van der Waals surface area (Å²) in [5, 5.41) is 9.19. The predicted octanol–water partition coefficient (Wildman–Crippen LogP) is 2.72. The molecule has 0 aliphatic heterocycles. The highest BCUT2D eigenvalue weighted by atomic mass is 19.1. The SMILES string of the molecule is CCOc1cc(F)ccc1NC(=O)c1n[nH]c(C(C)C)n1. The summed E-state index contributed by atoms with van der Waals surface area (Å²) in [4.78, 5) is 16.2. The average Bonchev–Trinajstić information content (AvgIpc) is 2.92. The van der Waals surface area contributed by atoms with Crippen molar-refractivity contribution in [3.8, 4) is 5.75 Å². The molecule has 21 heavy (non-hydrogen) atoms. The van der Waals surface area contributed by atoms with Crippen LogP contribution in [0.15, 0.2) is 18.2 Å². The third-order valence-corrected chi connectivity index (χ3v) is 2.74. The number of nitrogens with one attached hydrogen (secondary N) is 2. The standard InChI is InChI=1S/C14H17FN4O2/c1-4-21-11-7-9(15)5-6-10(11)16-14(20)13-17-12(8(2)3)18-19-13/h5-8H,4H2,1-3H3,(H,16,20)(H,17,18,19). The van der Waals surface area contributed by atoms with E-state index in [-0.39, 0.29) is 17.5 Å². The molecule has 0 aliphatic rings. The minimum atomic E-state index is -0.481. The topological polar surface area (TPSA) is 79.9 Å². The van der Waals surface area contributed by atoms with Crippen molar-refractivity contribution >= 4 is 11.6 Å². The zero-order valence-electron chi connectivity index (χ0n) is 12.1. The molecule has 2 aromatic rings. The molecule has 0 saturated heterocycles. The molecule has 2 N–H and O–H groups in total. The van der Waals surface area contributed by atoms with Gasteiger partial charge in [-0.2, -0.15) is 0 Å². The normalized spacial score (nSPS) is 10.7. The Bertz CT molecular complexity index is 640. The van der Waals surface area contributed by atoms with Gasteiger partial charge in [0.15, 0.2) is 0 Å². The number of nitrogens with zero attached hydrogens (tertiary/aromatic N) is 2. The van der Waals surface area contributed by atoms with E-state index in [1.807, 2.05) is 13.8 Å². The van der Waals surface area contributed by atoms with Crippen molar-refractivity contribution in [3.63, 3.8) is 0 Å². The number of H-pyrrole nitrogens is 1. The second kappa shape index (κ2) is 6.34. The first-order valence-corrected chi connectivity index (χ1v) is 6.67. The Kier molecular flexibility index (Phi) is 4.52. The largest absolute Gasteiger partial charge is 0.492 e. The summed E-state index contributed by atoms with van der Waals surface area (Å²) in [7, 11) is 0. The van der Waals surface area contributed by atoms with Gasteiger partial charge in [0.1, 0.15) is 17.4 Å². The first-order valence-electron chi connectivity index (χ1n) is 6.67. The molecule has 0 atom stereocenters. The molecule has 1 aromatic heterocycles. The van der Waals surface area contributed by atoms with E-state index in [2.05, 4.69) is 20.5 Å². The van der Waals surface area contributed by atoms with Crippen molar-refractivity contribution in [2.24, 2.45) is 0 Å². The highest BCUT2D eigenvalue weighted by molar-refractivity contribution is 6.02. The zero-order valence-corrected chi connectivity index (χ0v) is 12.1. The van der Waals surface area contributed by atoms with E-state index in [1.54, 1.807) is 6.92 Å². The minimum Gasteiger partial charge on any atom is -0.492 e. The van der Waals surface area contributed by atoms with Crippen LogP contribution in [-0.4, -0.2) is 27.7 Å². The molecule has 112 valence electrons. The van der Waals surface area contributed by atoms with Crippen molar-refractivity contribution < 1.29 is 13.9 Å². The van der Waals surface area contributed by atoms with Crippen molar-refractivity contribution in [1.82, 2.24) is 15.2 Å². The van der Waals surface area contributed by atoms with E-state index in [0.717, 1.165) is 0 Å². The lowest BCUT2D eigenvalue weighted by Crippen LogP contribution is -2.15. The van der Waals surface area contributed by atoms with Crippen molar-refractivity contribution in [2.75, 3.05) is 11.9 Å². The van der Waals surface area contributed by atoms with Gasteiger partial charge in [0.2, 0.25) is 5.82 Å². The summed E-state index contributed by atoms with van der Waals surface area (Å²) < 4.78 is 18.5. The number of amides is 1. The summed E-state index contributed by atoms with van der Waals surface area (Å²) >= 11 is 0. The van der Waals surface area contributed by atoms with Crippen LogP contribution in [0, 0.1) is 5.82 Å². The second-order valence-electron chi connectivity index (χ2n) is 4.73. The van der Waals surface area contributed by atoms with Crippen LogP contribution in [0.5, 0.6) is 5.75 Å². The Balaban J connectivity index is 2.18. The first-order chi connectivity index (χ1) is 10.0. The summed E-state index contributed by atoms with van der Waals surface area (Å²) in [6, 6.07) is 3.90. The number of ether oxygens (including phenoxy) is 1. The molecule has 2 rings (SSSR count). The second-order valence-corrected chi connectivity index (χ2v) is 4.73. The molecule has 0 aliphatic carbocycles. The van der Waals surface area contributed by atoms with Crippen LogP contribution < -0.4 is 10.1 Å². The smallest absolute Gasteiger partial charge is 0.295 e. The molecule has 7 heteroatoms. The maximum Gasteiger partial charge on any atom is 0.295 e. The van der Waals surface area contributed by atoms with Gasteiger partial charge >= 0.3 is 0 Å². The van der Waals surface area contributed by atoms with Crippen molar-refractivity contribution in [2.45, 2.75) is 26.7 Å². The van der Waals surface area contributed by atoms with Crippen LogP contribution in [0.4, 0.5) is 10.1 Å². The van der Waals surface area contributed by atoms with Gasteiger partial charge in [-0.15, -0.1) is 5.10 Å². The molecule has 0 saturated carbocycles. The van der Waals surface area contributed by atoms with E-state index in [9.17, 15) is 9.18 Å². The molecule has 0 radical (unpaired) electrons. The van der Waals surface area contributed by atoms with Crippen LogP contribution in [0.2, 0.25) is 0 Å². The third kappa shape index (κ3) is 3.56. The summed E-state index contributed by atoms with van der Waals surface area (Å²) in [5.41, 5.74) is 0.374. The van der Waals surface area contributed by atoms with E-state index in [4.69, 9.17) is 4.74 Å². The van der Waals surface area contributed by atoms with Crippen LogP contribution in [0.25, 0.3) is 0 Å². The number of carbonyl (C=O) groups excluding carboxylic acids is 1. The number of anilines is 1. The van der Waals surface area contributed by atoms with Crippen LogP contribution in [-0.2, 0) is 0 Å². The van der Waals surface area contributed by atoms with Gasteiger partial charge in [0.05, 0.1) is 12.3 Å². The molecule has 0 fully saturated rings. The number of rotatable bonds is 5. The summed E-state index contributed by atoms with van der Waals surface area (Å²) in [6.45, 7) is 6.02. The first kappa shape index (κ1) is 15.0. The van der Waals surface area contributed by atoms with Gasteiger partial charge < -0.3 is 10.1 Å². The van der Waals surface area contributed by atoms with Gasteiger partial charge in [-0.1, -0.05) is 13.8 Å². The van der Waals surface area contributed by atoms with E-state index in [1.165, 1.54) is 18.2 Å². The molecule has 6 nitrogen and oxygen atoms in total. The molecular weight excluding hydrogens is 275 g/mol. The Morgan fingerprint density at radius 3 is 2.86 bits per heavy atom. The number of hydrogen-bond acceptors (Lipinski definition) is 4. The quantitative estimate of drug-likeness (QED) is 0.888. The van der Waals surface area contributed by atoms with Gasteiger partial charge in [0.25, 0.3) is 5.91 Å². The van der Waals surface area contributed by atoms with Gasteiger partial charge in [-0.3, -0.25) is 9.89 Å². The van der Waals surface area contributed by atoms with Crippen LogP contribution in [0.1, 0.15) is 43.1 Å². The maximum absolute atomic E-state index is 13.2. The number of benzene rings is 1. The average molecular weight is 292 g/mol. The fraction of sp³-hybridized carbons (Fsp3) is 0.357. The maximum atomic E-state index is 13.2. The lowest BCUT2D eigenvalue weighted by molar-refractivity contribution is 0.101. The van der Waals surface area contributed by atoms with Crippen molar-refractivity contribution in [3.05, 3.63) is 35.7 Å². The van der Waals surface area contributed by atoms with Crippen LogP contribution >= 0.6 is 0 Å². The Morgan fingerprint density at radius 2 is 2.24 bits per heavy atom. The molecule has 0 spiro atoms. The number of aromatic amines is 1. The number of carbonyl (C=O) groups is 1.